The lowest BCUT2D eigenvalue weighted by Gasteiger charge is -2.08. The van der Waals surface area contributed by atoms with Gasteiger partial charge in [-0.3, -0.25) is 9.59 Å². The Balaban J connectivity index is 2.08. The van der Waals surface area contributed by atoms with Crippen LogP contribution in [0.3, 0.4) is 0 Å². The molecule has 1 aromatic rings. The van der Waals surface area contributed by atoms with Gasteiger partial charge in [0.25, 0.3) is 5.91 Å². The number of nitrogens with one attached hydrogen (secondary N) is 2. The van der Waals surface area contributed by atoms with Crippen LogP contribution < -0.4 is 15.4 Å². The summed E-state index contributed by atoms with van der Waals surface area (Å²) in [5.41, 5.74) is 0.600. The molecule has 0 saturated heterocycles. The first kappa shape index (κ1) is 20.0. The molecule has 0 bridgehead atoms. The van der Waals surface area contributed by atoms with Crippen LogP contribution in [0.4, 0.5) is 0 Å². The van der Waals surface area contributed by atoms with Crippen LogP contribution in [0.25, 0.3) is 0 Å². The molecule has 0 spiro atoms. The molecule has 0 fully saturated rings. The monoisotopic (exact) mass is 334 g/mol. The molecule has 0 saturated carbocycles. The predicted molar refractivity (Wildman–Crippen MR) is 96.3 cm³/mol. The SMILES string of the molecule is CCCCCCCNC(=O)CCCOc1ccc(C(=O)NC)cc1. The summed E-state index contributed by atoms with van der Waals surface area (Å²) >= 11 is 0. The zero-order valence-corrected chi connectivity index (χ0v) is 14.9. The van der Waals surface area contributed by atoms with Gasteiger partial charge in [0, 0.05) is 25.6 Å². The van der Waals surface area contributed by atoms with Crippen LogP contribution in [0, 0.1) is 0 Å². The number of unbranched alkanes of at least 4 members (excludes halogenated alkanes) is 4. The summed E-state index contributed by atoms with van der Waals surface area (Å²) in [6, 6.07) is 6.97. The van der Waals surface area contributed by atoms with Crippen molar-refractivity contribution < 1.29 is 14.3 Å². The first-order chi connectivity index (χ1) is 11.7. The average molecular weight is 334 g/mol. The Hall–Kier alpha value is -2.04. The molecule has 0 aliphatic heterocycles. The minimum Gasteiger partial charge on any atom is -0.494 e. The first-order valence-corrected chi connectivity index (χ1v) is 8.89. The predicted octanol–water partition coefficient (Wildman–Crippen LogP) is 3.29. The Bertz CT molecular complexity index is 486. The molecule has 0 unspecified atom stereocenters. The second-order valence-electron chi connectivity index (χ2n) is 5.82. The van der Waals surface area contributed by atoms with E-state index in [0.29, 0.717) is 30.8 Å². The number of hydrogen-bond acceptors (Lipinski definition) is 3. The van der Waals surface area contributed by atoms with E-state index in [1.54, 1.807) is 31.3 Å². The summed E-state index contributed by atoms with van der Waals surface area (Å²) in [4.78, 5) is 23.1. The highest BCUT2D eigenvalue weighted by atomic mass is 16.5. The van der Waals surface area contributed by atoms with Crippen molar-refractivity contribution in [2.45, 2.75) is 51.9 Å². The van der Waals surface area contributed by atoms with E-state index in [0.717, 1.165) is 13.0 Å². The Kier molecular flexibility index (Phi) is 10.3. The minimum atomic E-state index is -0.118. The van der Waals surface area contributed by atoms with Crippen LogP contribution in [-0.2, 0) is 4.79 Å². The topological polar surface area (TPSA) is 67.4 Å². The summed E-state index contributed by atoms with van der Waals surface area (Å²) < 4.78 is 5.58. The van der Waals surface area contributed by atoms with E-state index in [9.17, 15) is 9.59 Å². The normalized spacial score (nSPS) is 10.2. The van der Waals surface area contributed by atoms with Crippen LogP contribution in [0.2, 0.25) is 0 Å². The van der Waals surface area contributed by atoms with Crippen molar-refractivity contribution in [1.82, 2.24) is 10.6 Å². The lowest BCUT2D eigenvalue weighted by Crippen LogP contribution is -2.24. The molecule has 24 heavy (non-hydrogen) atoms. The van der Waals surface area contributed by atoms with E-state index in [4.69, 9.17) is 4.74 Å². The van der Waals surface area contributed by atoms with Crippen LogP contribution in [0.1, 0.15) is 62.2 Å². The fraction of sp³-hybridized carbons (Fsp3) is 0.579. The van der Waals surface area contributed by atoms with Gasteiger partial charge in [-0.1, -0.05) is 32.6 Å². The van der Waals surface area contributed by atoms with Gasteiger partial charge in [0.15, 0.2) is 0 Å². The highest BCUT2D eigenvalue weighted by Crippen LogP contribution is 2.12. The van der Waals surface area contributed by atoms with Gasteiger partial charge in [-0.05, 0) is 37.1 Å². The molecule has 0 aromatic heterocycles. The van der Waals surface area contributed by atoms with Crippen molar-refractivity contribution in [1.29, 1.82) is 0 Å². The molecule has 1 aromatic carbocycles. The van der Waals surface area contributed by atoms with E-state index in [1.807, 2.05) is 0 Å². The van der Waals surface area contributed by atoms with Crippen molar-refractivity contribution in [2.24, 2.45) is 0 Å². The van der Waals surface area contributed by atoms with Gasteiger partial charge in [0.1, 0.15) is 5.75 Å². The Morgan fingerprint density at radius 2 is 1.71 bits per heavy atom. The summed E-state index contributed by atoms with van der Waals surface area (Å²) in [7, 11) is 1.60. The number of hydrogen-bond donors (Lipinski definition) is 2. The fourth-order valence-electron chi connectivity index (χ4n) is 2.31. The number of benzene rings is 1. The highest BCUT2D eigenvalue weighted by molar-refractivity contribution is 5.94. The fourth-order valence-corrected chi connectivity index (χ4v) is 2.31. The van der Waals surface area contributed by atoms with Gasteiger partial charge in [-0.2, -0.15) is 0 Å². The van der Waals surface area contributed by atoms with Crippen LogP contribution in [0.5, 0.6) is 5.75 Å². The molecule has 2 N–H and O–H groups in total. The number of carbonyl (C=O) groups excluding carboxylic acids is 2. The van der Waals surface area contributed by atoms with E-state index < -0.39 is 0 Å². The third-order valence-electron chi connectivity index (χ3n) is 3.76. The Morgan fingerprint density at radius 1 is 1.00 bits per heavy atom. The maximum absolute atomic E-state index is 11.7. The molecule has 0 aliphatic carbocycles. The molecule has 0 heterocycles. The van der Waals surface area contributed by atoms with E-state index in [2.05, 4.69) is 17.6 Å². The minimum absolute atomic E-state index is 0.0871. The highest BCUT2D eigenvalue weighted by Gasteiger charge is 2.04. The van der Waals surface area contributed by atoms with Crippen LogP contribution >= 0.6 is 0 Å². The number of ether oxygens (including phenoxy) is 1. The van der Waals surface area contributed by atoms with Crippen molar-refractivity contribution >= 4 is 11.8 Å². The Morgan fingerprint density at radius 3 is 2.38 bits per heavy atom. The van der Waals surface area contributed by atoms with Gasteiger partial charge in [0.2, 0.25) is 5.91 Å². The van der Waals surface area contributed by atoms with Crippen LogP contribution in [-0.4, -0.2) is 32.0 Å². The zero-order chi connectivity index (χ0) is 17.6. The van der Waals surface area contributed by atoms with Gasteiger partial charge < -0.3 is 15.4 Å². The second-order valence-corrected chi connectivity index (χ2v) is 5.82. The van der Waals surface area contributed by atoms with Crippen LogP contribution in [0.15, 0.2) is 24.3 Å². The molecule has 134 valence electrons. The maximum atomic E-state index is 11.7. The molecule has 5 nitrogen and oxygen atoms in total. The first-order valence-electron chi connectivity index (χ1n) is 8.89. The standard InChI is InChI=1S/C19H30N2O3/c1-3-4-5-6-7-14-21-18(22)9-8-15-24-17-12-10-16(11-13-17)19(23)20-2/h10-13H,3-9,14-15H2,1-2H3,(H,20,23)(H,21,22). The van der Waals surface area contributed by atoms with Crippen molar-refractivity contribution in [2.75, 3.05) is 20.2 Å². The smallest absolute Gasteiger partial charge is 0.251 e. The van der Waals surface area contributed by atoms with Gasteiger partial charge in [-0.15, -0.1) is 0 Å². The average Bonchev–Trinajstić information content (AvgIpc) is 2.61. The van der Waals surface area contributed by atoms with Crippen molar-refractivity contribution in [3.63, 3.8) is 0 Å². The molecule has 0 aliphatic rings. The summed E-state index contributed by atoms with van der Waals surface area (Å²) in [5.74, 6) is 0.677. The lowest BCUT2D eigenvalue weighted by atomic mass is 10.1. The number of amides is 2. The molecule has 0 radical (unpaired) electrons. The zero-order valence-electron chi connectivity index (χ0n) is 14.9. The maximum Gasteiger partial charge on any atom is 0.251 e. The van der Waals surface area contributed by atoms with E-state index >= 15 is 0 Å². The lowest BCUT2D eigenvalue weighted by molar-refractivity contribution is -0.121. The third-order valence-corrected chi connectivity index (χ3v) is 3.76. The quantitative estimate of drug-likeness (QED) is 0.576. The van der Waals surface area contributed by atoms with E-state index in [1.165, 1.54) is 25.7 Å². The third kappa shape index (κ3) is 8.56. The van der Waals surface area contributed by atoms with Gasteiger partial charge in [-0.25, -0.2) is 0 Å². The molecule has 1 rings (SSSR count). The van der Waals surface area contributed by atoms with Crippen molar-refractivity contribution in [3.05, 3.63) is 29.8 Å². The summed E-state index contributed by atoms with van der Waals surface area (Å²) in [5, 5.41) is 5.52. The molecule has 5 heteroatoms. The largest absolute Gasteiger partial charge is 0.494 e. The second kappa shape index (κ2) is 12.4. The van der Waals surface area contributed by atoms with Gasteiger partial charge >= 0.3 is 0 Å². The molecule has 0 atom stereocenters. The van der Waals surface area contributed by atoms with Gasteiger partial charge in [0.05, 0.1) is 6.61 Å². The molecule has 2 amide bonds. The molecular weight excluding hydrogens is 304 g/mol. The Labute approximate surface area is 145 Å². The van der Waals surface area contributed by atoms with Crippen molar-refractivity contribution in [3.8, 4) is 5.75 Å². The van der Waals surface area contributed by atoms with E-state index in [-0.39, 0.29) is 11.8 Å². The summed E-state index contributed by atoms with van der Waals surface area (Å²) in [6.07, 6.45) is 7.16. The number of carbonyl (C=O) groups is 2. The number of rotatable bonds is 12. The summed E-state index contributed by atoms with van der Waals surface area (Å²) in [6.45, 7) is 3.45. The molecular formula is C19H30N2O3.